The third kappa shape index (κ3) is 4.55. The molecule has 0 radical (unpaired) electrons. The summed E-state index contributed by atoms with van der Waals surface area (Å²) in [6.07, 6.45) is 2.90. The van der Waals surface area contributed by atoms with E-state index in [-0.39, 0.29) is 29.2 Å². The second kappa shape index (κ2) is 8.55. The van der Waals surface area contributed by atoms with Crippen LogP contribution in [0, 0.1) is 15.9 Å². The fourth-order valence-corrected chi connectivity index (χ4v) is 3.73. The molecule has 0 heterocycles. The minimum atomic E-state index is -0.623. The summed E-state index contributed by atoms with van der Waals surface area (Å²) in [5.74, 6) is 0.135. The van der Waals surface area contributed by atoms with E-state index < -0.39 is 21.6 Å². The van der Waals surface area contributed by atoms with Gasteiger partial charge in [-0.3, -0.25) is 19.7 Å². The summed E-state index contributed by atoms with van der Waals surface area (Å²) in [6.45, 7) is 0. The van der Waals surface area contributed by atoms with Gasteiger partial charge in [0, 0.05) is 23.9 Å². The van der Waals surface area contributed by atoms with Crippen LogP contribution in [0.2, 0.25) is 0 Å². The highest BCUT2D eigenvalue weighted by atomic mass is 19.1. The highest BCUT2D eigenvalue weighted by Gasteiger charge is 2.27. The molecule has 0 aliphatic heterocycles. The monoisotopic (exact) mass is 425 g/mol. The van der Waals surface area contributed by atoms with Crippen LogP contribution in [-0.2, 0) is 0 Å². The van der Waals surface area contributed by atoms with E-state index in [9.17, 15) is 24.1 Å². The standard InChI is InChI=1S/C22H20FN3O5/c23-13-2-1-3-15(12-13)25-20-19(21(27)22(20)28)24-14-4-8-17(9-5-14)31-18-10-6-16(7-11-18)26(29)30/h1-3,6-7,10-12,14,17,24-25H,4-5,8-9H2. The zero-order valence-electron chi connectivity index (χ0n) is 16.5. The Morgan fingerprint density at radius 2 is 1.65 bits per heavy atom. The topological polar surface area (TPSA) is 111 Å². The molecule has 0 saturated heterocycles. The van der Waals surface area contributed by atoms with Crippen LogP contribution in [0.1, 0.15) is 25.7 Å². The molecule has 1 aliphatic carbocycles. The number of nitrogens with one attached hydrogen (secondary N) is 2. The number of nitro benzene ring substituents is 1. The molecule has 0 bridgehead atoms. The number of ether oxygens (including phenoxy) is 1. The van der Waals surface area contributed by atoms with E-state index in [2.05, 4.69) is 10.6 Å². The van der Waals surface area contributed by atoms with Gasteiger partial charge in [0.05, 0.1) is 11.0 Å². The van der Waals surface area contributed by atoms with E-state index in [4.69, 9.17) is 4.74 Å². The van der Waals surface area contributed by atoms with Crippen molar-refractivity contribution in [1.29, 1.82) is 0 Å². The Labute approximate surface area is 176 Å². The predicted octanol–water partition coefficient (Wildman–Crippen LogP) is 3.88. The van der Waals surface area contributed by atoms with Gasteiger partial charge in [-0.05, 0) is 56.0 Å². The third-order valence-electron chi connectivity index (χ3n) is 5.38. The van der Waals surface area contributed by atoms with Crippen LogP contribution < -0.4 is 26.2 Å². The Balaban J connectivity index is 1.33. The molecule has 0 amide bonds. The molecule has 0 atom stereocenters. The molecule has 0 aromatic heterocycles. The zero-order chi connectivity index (χ0) is 22.0. The van der Waals surface area contributed by atoms with E-state index in [0.717, 1.165) is 25.7 Å². The molecule has 31 heavy (non-hydrogen) atoms. The number of non-ortho nitro benzene ring substituents is 1. The van der Waals surface area contributed by atoms with Crippen LogP contribution in [-0.4, -0.2) is 17.1 Å². The maximum absolute atomic E-state index is 13.4. The minimum absolute atomic E-state index is 0.00747. The van der Waals surface area contributed by atoms with Crippen LogP contribution >= 0.6 is 0 Å². The lowest BCUT2D eigenvalue weighted by Gasteiger charge is -2.30. The highest BCUT2D eigenvalue weighted by Crippen LogP contribution is 2.29. The van der Waals surface area contributed by atoms with Crippen molar-refractivity contribution < 1.29 is 14.1 Å². The number of hydrogen-bond acceptors (Lipinski definition) is 7. The van der Waals surface area contributed by atoms with E-state index in [1.165, 1.54) is 30.3 Å². The molecular weight excluding hydrogens is 405 g/mol. The minimum Gasteiger partial charge on any atom is -0.490 e. The van der Waals surface area contributed by atoms with E-state index in [1.54, 1.807) is 18.2 Å². The summed E-state index contributed by atoms with van der Waals surface area (Å²) in [5.41, 5.74) is -0.412. The molecule has 1 fully saturated rings. The summed E-state index contributed by atoms with van der Waals surface area (Å²) in [5, 5.41) is 16.7. The van der Waals surface area contributed by atoms with Crippen molar-refractivity contribution in [2.45, 2.75) is 37.8 Å². The number of benzene rings is 2. The first-order valence-electron chi connectivity index (χ1n) is 9.94. The molecule has 2 N–H and O–H groups in total. The molecule has 3 aromatic carbocycles. The van der Waals surface area contributed by atoms with Gasteiger partial charge in [0.15, 0.2) is 0 Å². The molecule has 9 heteroatoms. The smallest absolute Gasteiger partial charge is 0.269 e. The van der Waals surface area contributed by atoms with Gasteiger partial charge in [0.1, 0.15) is 22.9 Å². The molecule has 0 spiro atoms. The van der Waals surface area contributed by atoms with Crippen molar-refractivity contribution in [3.05, 3.63) is 84.9 Å². The molecule has 8 nitrogen and oxygen atoms in total. The van der Waals surface area contributed by atoms with Gasteiger partial charge in [-0.1, -0.05) is 6.07 Å². The SMILES string of the molecule is O=c1c(Nc2cccc(F)c2)c(NC2CCC(Oc3ccc([N+](=O)[O-])cc3)CC2)c1=O. The van der Waals surface area contributed by atoms with Crippen molar-refractivity contribution >= 4 is 22.7 Å². The molecular formula is C22H20FN3O5. The summed E-state index contributed by atoms with van der Waals surface area (Å²) in [4.78, 5) is 34.3. The van der Waals surface area contributed by atoms with Crippen LogP contribution in [0.15, 0.2) is 58.1 Å². The molecule has 3 aromatic rings. The number of nitro groups is 1. The number of hydrogen-bond donors (Lipinski definition) is 2. The van der Waals surface area contributed by atoms with Crippen molar-refractivity contribution in [1.82, 2.24) is 0 Å². The maximum Gasteiger partial charge on any atom is 0.269 e. The lowest BCUT2D eigenvalue weighted by molar-refractivity contribution is -0.384. The fraction of sp³-hybridized carbons (Fsp3) is 0.273. The predicted molar refractivity (Wildman–Crippen MR) is 114 cm³/mol. The Bertz CT molecular complexity index is 1160. The first kappa shape index (κ1) is 20.5. The highest BCUT2D eigenvalue weighted by molar-refractivity contribution is 5.78. The third-order valence-corrected chi connectivity index (χ3v) is 5.38. The Morgan fingerprint density at radius 3 is 2.29 bits per heavy atom. The maximum atomic E-state index is 13.4. The number of anilines is 3. The first-order valence-corrected chi connectivity index (χ1v) is 9.94. The summed E-state index contributed by atoms with van der Waals surface area (Å²) >= 11 is 0. The molecule has 4 rings (SSSR count). The number of halogens is 1. The zero-order valence-corrected chi connectivity index (χ0v) is 16.5. The average molecular weight is 425 g/mol. The average Bonchev–Trinajstić information content (AvgIpc) is 2.77. The molecule has 0 unspecified atom stereocenters. The first-order chi connectivity index (χ1) is 14.9. The van der Waals surface area contributed by atoms with Crippen LogP contribution in [0.5, 0.6) is 5.75 Å². The lowest BCUT2D eigenvalue weighted by Crippen LogP contribution is -2.40. The molecule has 1 saturated carbocycles. The Kier molecular flexibility index (Phi) is 5.66. The van der Waals surface area contributed by atoms with Gasteiger partial charge < -0.3 is 15.4 Å². The molecule has 160 valence electrons. The van der Waals surface area contributed by atoms with E-state index >= 15 is 0 Å². The van der Waals surface area contributed by atoms with Gasteiger partial charge >= 0.3 is 0 Å². The number of rotatable bonds is 7. The molecule has 1 aliphatic rings. The summed E-state index contributed by atoms with van der Waals surface area (Å²) in [7, 11) is 0. The Hall–Kier alpha value is -3.75. The fourth-order valence-electron chi connectivity index (χ4n) is 3.73. The van der Waals surface area contributed by atoms with Gasteiger partial charge in [-0.2, -0.15) is 0 Å². The van der Waals surface area contributed by atoms with Crippen LogP contribution in [0.25, 0.3) is 0 Å². The van der Waals surface area contributed by atoms with Crippen molar-refractivity contribution in [3.8, 4) is 5.75 Å². The van der Waals surface area contributed by atoms with Gasteiger partial charge in [0.25, 0.3) is 16.5 Å². The largest absolute Gasteiger partial charge is 0.490 e. The van der Waals surface area contributed by atoms with Gasteiger partial charge in [0.2, 0.25) is 0 Å². The van der Waals surface area contributed by atoms with Crippen molar-refractivity contribution in [2.75, 3.05) is 10.6 Å². The van der Waals surface area contributed by atoms with Crippen molar-refractivity contribution in [2.24, 2.45) is 0 Å². The second-order valence-electron chi connectivity index (χ2n) is 7.53. The van der Waals surface area contributed by atoms with Gasteiger partial charge in [-0.15, -0.1) is 0 Å². The summed E-state index contributed by atoms with van der Waals surface area (Å²) in [6, 6.07) is 11.7. The lowest BCUT2D eigenvalue weighted by atomic mass is 9.92. The number of nitrogens with zero attached hydrogens (tertiary/aromatic N) is 1. The Morgan fingerprint density at radius 1 is 0.968 bits per heavy atom. The van der Waals surface area contributed by atoms with E-state index in [0.29, 0.717) is 11.4 Å². The normalized spacial score (nSPS) is 18.5. The second-order valence-corrected chi connectivity index (χ2v) is 7.53. The van der Waals surface area contributed by atoms with E-state index in [1.807, 2.05) is 0 Å². The van der Waals surface area contributed by atoms with Crippen molar-refractivity contribution in [3.63, 3.8) is 0 Å². The van der Waals surface area contributed by atoms with Gasteiger partial charge in [-0.25, -0.2) is 4.39 Å². The quantitative estimate of drug-likeness (QED) is 0.336. The van der Waals surface area contributed by atoms with Crippen LogP contribution in [0.4, 0.5) is 27.1 Å². The van der Waals surface area contributed by atoms with Crippen LogP contribution in [0.3, 0.4) is 0 Å². The summed E-state index contributed by atoms with van der Waals surface area (Å²) < 4.78 is 19.3.